The third-order valence-corrected chi connectivity index (χ3v) is 3.39. The number of hydrogen-bond donors (Lipinski definition) is 0. The van der Waals surface area contributed by atoms with Crippen LogP contribution in [-0.2, 0) is 0 Å². The Hall–Kier alpha value is -0.520. The topological polar surface area (TPSA) is 0 Å². The first kappa shape index (κ1) is 16.5. The van der Waals surface area contributed by atoms with Crippen molar-refractivity contribution in [3.63, 3.8) is 0 Å². The first-order valence-electron chi connectivity index (χ1n) is 7.61. The van der Waals surface area contributed by atoms with Gasteiger partial charge >= 0.3 is 0 Å². The van der Waals surface area contributed by atoms with Crippen LogP contribution in [0.3, 0.4) is 0 Å². The molecule has 0 heteroatoms. The maximum absolute atomic E-state index is 3.94. The molecule has 0 N–H and O–H groups in total. The van der Waals surface area contributed by atoms with Crippen LogP contribution in [0.5, 0.6) is 0 Å². The zero-order valence-corrected chi connectivity index (χ0v) is 12.0. The molecule has 0 aliphatic carbocycles. The van der Waals surface area contributed by atoms with Crippen molar-refractivity contribution >= 4 is 0 Å². The van der Waals surface area contributed by atoms with Crippen LogP contribution in [0, 0.1) is 0 Å². The van der Waals surface area contributed by atoms with E-state index in [0.717, 1.165) is 6.42 Å². The van der Waals surface area contributed by atoms with E-state index in [0.29, 0.717) is 0 Å². The van der Waals surface area contributed by atoms with Crippen molar-refractivity contribution in [1.82, 2.24) is 0 Å². The van der Waals surface area contributed by atoms with Crippen molar-refractivity contribution in [3.8, 4) is 0 Å². The van der Waals surface area contributed by atoms with Crippen molar-refractivity contribution in [3.05, 3.63) is 24.8 Å². The minimum absolute atomic E-state index is 1.14. The van der Waals surface area contributed by atoms with E-state index in [1.54, 1.807) is 0 Å². The zero-order chi connectivity index (χ0) is 12.8. The van der Waals surface area contributed by atoms with E-state index in [9.17, 15) is 0 Å². The first-order chi connectivity index (χ1) is 8.31. The van der Waals surface area contributed by atoms with Crippen LogP contribution >= 0.6 is 0 Å². The highest BCUT2D eigenvalue weighted by molar-refractivity contribution is 5.10. The number of allylic oxidation sites excluding steroid dienone is 2. The predicted molar refractivity (Wildman–Crippen MR) is 80.4 cm³/mol. The van der Waals surface area contributed by atoms with Gasteiger partial charge in [0.05, 0.1) is 0 Å². The lowest BCUT2D eigenvalue weighted by Crippen LogP contribution is -1.83. The summed E-state index contributed by atoms with van der Waals surface area (Å²) in [6, 6.07) is 0. The predicted octanol–water partition coefficient (Wildman–Crippen LogP) is 6.43. The monoisotopic (exact) mass is 236 g/mol. The lowest BCUT2D eigenvalue weighted by molar-refractivity contribution is 0.550. The minimum Gasteiger partial charge on any atom is -0.0988 e. The third-order valence-electron chi connectivity index (χ3n) is 3.39. The molecule has 0 amide bonds. The van der Waals surface area contributed by atoms with Crippen molar-refractivity contribution < 1.29 is 0 Å². The van der Waals surface area contributed by atoms with Crippen LogP contribution in [-0.4, -0.2) is 0 Å². The van der Waals surface area contributed by atoms with Gasteiger partial charge in [-0.2, -0.15) is 0 Å². The Balaban J connectivity index is 2.98. The molecule has 0 bridgehead atoms. The third kappa shape index (κ3) is 13.4. The standard InChI is InChI=1S/C17H32/c1-4-6-7-8-9-10-11-12-13-14-15-16-17(3)5-2/h5H,2-4,6-16H2,1H3. The molecular formula is C17H32. The molecule has 0 aliphatic rings. The second-order valence-corrected chi connectivity index (χ2v) is 5.15. The average molecular weight is 236 g/mol. The van der Waals surface area contributed by atoms with Crippen molar-refractivity contribution in [2.75, 3.05) is 0 Å². The Morgan fingerprint density at radius 2 is 1.18 bits per heavy atom. The van der Waals surface area contributed by atoms with Gasteiger partial charge in [0.25, 0.3) is 0 Å². The van der Waals surface area contributed by atoms with E-state index in [1.165, 1.54) is 76.2 Å². The molecule has 0 nitrogen and oxygen atoms in total. The number of hydrogen-bond acceptors (Lipinski definition) is 0. The summed E-state index contributed by atoms with van der Waals surface area (Å²) in [5, 5.41) is 0. The Labute approximate surface area is 109 Å². The molecule has 0 aliphatic heterocycles. The summed E-state index contributed by atoms with van der Waals surface area (Å²) in [4.78, 5) is 0. The van der Waals surface area contributed by atoms with Crippen LogP contribution in [0.25, 0.3) is 0 Å². The maximum atomic E-state index is 3.94. The molecule has 0 aromatic carbocycles. The summed E-state index contributed by atoms with van der Waals surface area (Å²) in [5.74, 6) is 0. The molecule has 0 aromatic rings. The molecule has 0 fully saturated rings. The molecule has 0 aromatic heterocycles. The van der Waals surface area contributed by atoms with Crippen LogP contribution in [0.4, 0.5) is 0 Å². The van der Waals surface area contributed by atoms with Gasteiger partial charge in [0.15, 0.2) is 0 Å². The van der Waals surface area contributed by atoms with E-state index in [1.807, 2.05) is 6.08 Å². The fraction of sp³-hybridized carbons (Fsp3) is 0.765. The lowest BCUT2D eigenvalue weighted by Gasteiger charge is -2.02. The summed E-state index contributed by atoms with van der Waals surface area (Å²) < 4.78 is 0. The van der Waals surface area contributed by atoms with E-state index < -0.39 is 0 Å². The van der Waals surface area contributed by atoms with Gasteiger partial charge in [0.1, 0.15) is 0 Å². The van der Waals surface area contributed by atoms with Crippen molar-refractivity contribution in [2.45, 2.75) is 84.0 Å². The molecular weight excluding hydrogens is 204 g/mol. The Morgan fingerprint density at radius 1 is 0.765 bits per heavy atom. The summed E-state index contributed by atoms with van der Waals surface area (Å²) >= 11 is 0. The van der Waals surface area contributed by atoms with Gasteiger partial charge < -0.3 is 0 Å². The van der Waals surface area contributed by atoms with Gasteiger partial charge in [0, 0.05) is 0 Å². The van der Waals surface area contributed by atoms with E-state index in [-0.39, 0.29) is 0 Å². The van der Waals surface area contributed by atoms with Crippen LogP contribution in [0.1, 0.15) is 84.0 Å². The highest BCUT2D eigenvalue weighted by atomic mass is 14.0. The molecule has 0 saturated heterocycles. The smallest absolute Gasteiger partial charge is 0.0285 e. The SMILES string of the molecule is C=CC(=C)CCCCCCCCCCCCC. The van der Waals surface area contributed by atoms with Gasteiger partial charge in [-0.3, -0.25) is 0 Å². The first-order valence-corrected chi connectivity index (χ1v) is 7.61. The Kier molecular flexibility index (Phi) is 13.1. The second-order valence-electron chi connectivity index (χ2n) is 5.15. The number of unbranched alkanes of at least 4 members (excludes halogenated alkanes) is 10. The van der Waals surface area contributed by atoms with Crippen molar-refractivity contribution in [1.29, 1.82) is 0 Å². The summed E-state index contributed by atoms with van der Waals surface area (Å²) in [7, 11) is 0. The maximum Gasteiger partial charge on any atom is -0.0285 e. The molecule has 0 spiro atoms. The highest BCUT2D eigenvalue weighted by Gasteiger charge is 1.93. The second kappa shape index (κ2) is 13.5. The van der Waals surface area contributed by atoms with Gasteiger partial charge in [0.2, 0.25) is 0 Å². The zero-order valence-electron chi connectivity index (χ0n) is 12.0. The van der Waals surface area contributed by atoms with Gasteiger partial charge in [-0.05, 0) is 12.8 Å². The van der Waals surface area contributed by atoms with Crippen molar-refractivity contribution in [2.24, 2.45) is 0 Å². The Bertz CT molecular complexity index is 178. The van der Waals surface area contributed by atoms with E-state index in [2.05, 4.69) is 20.1 Å². The van der Waals surface area contributed by atoms with E-state index in [4.69, 9.17) is 0 Å². The molecule has 0 heterocycles. The molecule has 0 rings (SSSR count). The molecule has 0 saturated carbocycles. The lowest BCUT2D eigenvalue weighted by atomic mass is 10.0. The summed E-state index contributed by atoms with van der Waals surface area (Å²) in [6.07, 6.45) is 18.5. The molecule has 100 valence electrons. The fourth-order valence-corrected chi connectivity index (χ4v) is 2.12. The normalized spacial score (nSPS) is 10.4. The van der Waals surface area contributed by atoms with Gasteiger partial charge in [-0.25, -0.2) is 0 Å². The van der Waals surface area contributed by atoms with E-state index >= 15 is 0 Å². The Morgan fingerprint density at radius 3 is 1.59 bits per heavy atom. The minimum atomic E-state index is 1.14. The molecule has 0 radical (unpaired) electrons. The van der Waals surface area contributed by atoms with Crippen LogP contribution in [0.15, 0.2) is 24.8 Å². The van der Waals surface area contributed by atoms with Gasteiger partial charge in [-0.1, -0.05) is 95.9 Å². The molecule has 0 atom stereocenters. The number of rotatable bonds is 13. The molecule has 0 unspecified atom stereocenters. The van der Waals surface area contributed by atoms with Crippen LogP contribution in [0.2, 0.25) is 0 Å². The van der Waals surface area contributed by atoms with Gasteiger partial charge in [-0.15, -0.1) is 0 Å². The summed E-state index contributed by atoms with van der Waals surface area (Å²) in [6.45, 7) is 9.95. The quantitative estimate of drug-likeness (QED) is 0.255. The highest BCUT2D eigenvalue weighted by Crippen LogP contribution is 2.13. The average Bonchev–Trinajstić information content (AvgIpc) is 2.35. The largest absolute Gasteiger partial charge is 0.0988 e. The summed E-state index contributed by atoms with van der Waals surface area (Å²) in [5.41, 5.74) is 1.20. The molecule has 17 heavy (non-hydrogen) atoms. The fourth-order valence-electron chi connectivity index (χ4n) is 2.12. The van der Waals surface area contributed by atoms with Crippen LogP contribution < -0.4 is 0 Å².